The number of carbonyl (C=O) groups excluding carboxylic acids is 2. The van der Waals surface area contributed by atoms with E-state index in [1.807, 2.05) is 18.2 Å². The molecule has 2 aromatic rings. The van der Waals surface area contributed by atoms with Gasteiger partial charge in [-0.15, -0.1) is 0 Å². The van der Waals surface area contributed by atoms with Gasteiger partial charge in [0.2, 0.25) is 0 Å². The topological polar surface area (TPSA) is 91.2 Å². The van der Waals surface area contributed by atoms with Gasteiger partial charge >= 0.3 is 0 Å². The molecule has 0 unspecified atom stereocenters. The van der Waals surface area contributed by atoms with Gasteiger partial charge in [-0.1, -0.05) is 18.2 Å². The van der Waals surface area contributed by atoms with Crippen LogP contribution in [0.4, 0.5) is 0 Å². The Kier molecular flexibility index (Phi) is 5.49. The fraction of sp³-hybridized carbons (Fsp3) is 0.250. The molecule has 2 aromatic carbocycles. The SMILES string of the molecule is N#Cc1ccccc1OCC(=O)NNC(=O)c1ccc2c(c1)CCCC2. The summed E-state index contributed by atoms with van der Waals surface area (Å²) < 4.78 is 5.32. The summed E-state index contributed by atoms with van der Waals surface area (Å²) in [7, 11) is 0. The number of ether oxygens (including phenoxy) is 1. The Bertz CT molecular complexity index is 871. The molecular formula is C20H19N3O3. The van der Waals surface area contributed by atoms with E-state index in [2.05, 4.69) is 10.9 Å². The van der Waals surface area contributed by atoms with Crippen molar-refractivity contribution in [2.75, 3.05) is 6.61 Å². The Morgan fingerprint density at radius 3 is 2.62 bits per heavy atom. The molecule has 0 saturated heterocycles. The molecule has 132 valence electrons. The van der Waals surface area contributed by atoms with Gasteiger partial charge in [-0.25, -0.2) is 0 Å². The lowest BCUT2D eigenvalue weighted by atomic mass is 9.90. The number of carbonyl (C=O) groups is 2. The molecule has 0 aromatic heterocycles. The zero-order valence-corrected chi connectivity index (χ0v) is 14.2. The van der Waals surface area contributed by atoms with E-state index in [0.29, 0.717) is 16.9 Å². The second-order valence-corrected chi connectivity index (χ2v) is 6.09. The first-order valence-electron chi connectivity index (χ1n) is 8.50. The van der Waals surface area contributed by atoms with E-state index in [0.717, 1.165) is 19.3 Å². The van der Waals surface area contributed by atoms with Crippen LogP contribution in [-0.2, 0) is 17.6 Å². The minimum absolute atomic E-state index is 0.302. The van der Waals surface area contributed by atoms with Crippen LogP contribution in [0.5, 0.6) is 5.75 Å². The molecule has 0 spiro atoms. The van der Waals surface area contributed by atoms with Gasteiger partial charge in [-0.2, -0.15) is 5.26 Å². The van der Waals surface area contributed by atoms with Crippen molar-refractivity contribution in [3.8, 4) is 11.8 Å². The summed E-state index contributed by atoms with van der Waals surface area (Å²) in [5.74, 6) is -0.556. The predicted molar refractivity (Wildman–Crippen MR) is 95.3 cm³/mol. The van der Waals surface area contributed by atoms with Gasteiger partial charge in [0.05, 0.1) is 5.56 Å². The van der Waals surface area contributed by atoms with Gasteiger partial charge in [0.1, 0.15) is 11.8 Å². The van der Waals surface area contributed by atoms with Crippen LogP contribution >= 0.6 is 0 Å². The van der Waals surface area contributed by atoms with E-state index in [1.165, 1.54) is 17.5 Å². The van der Waals surface area contributed by atoms with E-state index in [9.17, 15) is 9.59 Å². The predicted octanol–water partition coefficient (Wildman–Crippen LogP) is 2.28. The lowest BCUT2D eigenvalue weighted by Gasteiger charge is -2.16. The normalized spacial score (nSPS) is 12.4. The van der Waals surface area contributed by atoms with Crippen molar-refractivity contribution in [1.29, 1.82) is 5.26 Å². The average Bonchev–Trinajstić information content (AvgIpc) is 2.70. The molecule has 26 heavy (non-hydrogen) atoms. The molecule has 0 fully saturated rings. The largest absolute Gasteiger partial charge is 0.482 e. The number of nitrogens with zero attached hydrogens (tertiary/aromatic N) is 1. The number of nitriles is 1. The standard InChI is InChI=1S/C20H19N3O3/c21-12-17-7-3-4-8-18(17)26-13-19(24)22-23-20(25)16-10-9-14-5-1-2-6-15(14)11-16/h3-4,7-11H,1-2,5-6,13H2,(H,22,24)(H,23,25). The number of hydrogen-bond acceptors (Lipinski definition) is 4. The maximum atomic E-state index is 12.2. The summed E-state index contributed by atoms with van der Waals surface area (Å²) in [6.45, 7) is -0.302. The maximum absolute atomic E-state index is 12.2. The molecular weight excluding hydrogens is 330 g/mol. The summed E-state index contributed by atoms with van der Waals surface area (Å²) in [6.07, 6.45) is 4.35. The molecule has 0 atom stereocenters. The highest BCUT2D eigenvalue weighted by molar-refractivity contribution is 5.95. The lowest BCUT2D eigenvalue weighted by molar-refractivity contribution is -0.123. The van der Waals surface area contributed by atoms with E-state index in [-0.39, 0.29) is 12.5 Å². The third kappa shape index (κ3) is 4.19. The molecule has 0 bridgehead atoms. The highest BCUT2D eigenvalue weighted by Gasteiger charge is 2.13. The fourth-order valence-corrected chi connectivity index (χ4v) is 2.94. The Hall–Kier alpha value is -3.33. The molecule has 6 nitrogen and oxygen atoms in total. The molecule has 2 amide bonds. The quantitative estimate of drug-likeness (QED) is 0.829. The molecule has 3 rings (SSSR count). The van der Waals surface area contributed by atoms with Crippen molar-refractivity contribution in [2.24, 2.45) is 0 Å². The van der Waals surface area contributed by atoms with Crippen LogP contribution in [0.1, 0.15) is 39.9 Å². The van der Waals surface area contributed by atoms with Gasteiger partial charge < -0.3 is 4.74 Å². The first-order valence-corrected chi connectivity index (χ1v) is 8.50. The highest BCUT2D eigenvalue weighted by atomic mass is 16.5. The van der Waals surface area contributed by atoms with Crippen LogP contribution in [0.15, 0.2) is 42.5 Å². The summed E-state index contributed by atoms with van der Waals surface area (Å²) in [4.78, 5) is 24.1. The van der Waals surface area contributed by atoms with E-state index >= 15 is 0 Å². The molecule has 1 aliphatic carbocycles. The number of para-hydroxylation sites is 1. The van der Waals surface area contributed by atoms with Crippen LogP contribution in [0.25, 0.3) is 0 Å². The van der Waals surface area contributed by atoms with Crippen LogP contribution < -0.4 is 15.6 Å². The summed E-state index contributed by atoms with van der Waals surface area (Å²) in [5, 5.41) is 8.98. The molecule has 1 aliphatic rings. The van der Waals surface area contributed by atoms with Gasteiger partial charge in [0.15, 0.2) is 6.61 Å². The van der Waals surface area contributed by atoms with Crippen molar-refractivity contribution >= 4 is 11.8 Å². The maximum Gasteiger partial charge on any atom is 0.276 e. The van der Waals surface area contributed by atoms with E-state index < -0.39 is 5.91 Å². The second kappa shape index (κ2) is 8.17. The Morgan fingerprint density at radius 1 is 1.04 bits per heavy atom. The molecule has 2 N–H and O–H groups in total. The van der Waals surface area contributed by atoms with Crippen molar-refractivity contribution in [3.63, 3.8) is 0 Å². The van der Waals surface area contributed by atoms with Crippen molar-refractivity contribution < 1.29 is 14.3 Å². The summed E-state index contributed by atoms with van der Waals surface area (Å²) >= 11 is 0. The number of hydrazine groups is 1. The molecule has 6 heteroatoms. The zero-order valence-electron chi connectivity index (χ0n) is 14.2. The van der Waals surface area contributed by atoms with Crippen LogP contribution in [0.2, 0.25) is 0 Å². The third-order valence-corrected chi connectivity index (χ3v) is 4.29. The molecule has 0 saturated carbocycles. The Balaban J connectivity index is 1.51. The second-order valence-electron chi connectivity index (χ2n) is 6.09. The average molecular weight is 349 g/mol. The number of amides is 2. The highest BCUT2D eigenvalue weighted by Crippen LogP contribution is 2.22. The number of benzene rings is 2. The Labute approximate surface area is 151 Å². The number of rotatable bonds is 4. The fourth-order valence-electron chi connectivity index (χ4n) is 2.94. The van der Waals surface area contributed by atoms with Crippen molar-refractivity contribution in [3.05, 3.63) is 64.7 Å². The minimum Gasteiger partial charge on any atom is -0.482 e. The van der Waals surface area contributed by atoms with E-state index in [1.54, 1.807) is 30.3 Å². The number of fused-ring (bicyclic) bond motifs is 1. The van der Waals surface area contributed by atoms with Crippen molar-refractivity contribution in [2.45, 2.75) is 25.7 Å². The van der Waals surface area contributed by atoms with Gasteiger partial charge in [-0.3, -0.25) is 20.4 Å². The Morgan fingerprint density at radius 2 is 1.81 bits per heavy atom. The molecule has 0 heterocycles. The van der Waals surface area contributed by atoms with Crippen LogP contribution in [-0.4, -0.2) is 18.4 Å². The molecule has 0 radical (unpaired) electrons. The van der Waals surface area contributed by atoms with Crippen molar-refractivity contribution in [1.82, 2.24) is 10.9 Å². The zero-order chi connectivity index (χ0) is 18.4. The number of aryl methyl sites for hydroxylation is 2. The monoisotopic (exact) mass is 349 g/mol. The minimum atomic E-state index is -0.510. The third-order valence-electron chi connectivity index (χ3n) is 4.29. The smallest absolute Gasteiger partial charge is 0.276 e. The lowest BCUT2D eigenvalue weighted by Crippen LogP contribution is -2.43. The van der Waals surface area contributed by atoms with Crippen LogP contribution in [0.3, 0.4) is 0 Å². The van der Waals surface area contributed by atoms with Gasteiger partial charge in [0, 0.05) is 5.56 Å². The number of hydrogen-bond donors (Lipinski definition) is 2. The van der Waals surface area contributed by atoms with Gasteiger partial charge in [-0.05, 0) is 61.1 Å². The molecule has 0 aliphatic heterocycles. The van der Waals surface area contributed by atoms with Gasteiger partial charge in [0.25, 0.3) is 11.8 Å². The summed E-state index contributed by atoms with van der Waals surface area (Å²) in [6, 6.07) is 14.3. The number of nitrogens with one attached hydrogen (secondary N) is 2. The summed E-state index contributed by atoms with van der Waals surface area (Å²) in [5.41, 5.74) is 8.06. The van der Waals surface area contributed by atoms with E-state index in [4.69, 9.17) is 10.00 Å². The first kappa shape index (κ1) is 17.5. The first-order chi connectivity index (χ1) is 12.7. The van der Waals surface area contributed by atoms with Crippen LogP contribution in [0, 0.1) is 11.3 Å².